The summed E-state index contributed by atoms with van der Waals surface area (Å²) in [5.74, 6) is 0.0702. The molecule has 0 aromatic heterocycles. The number of nitrogens with one attached hydrogen (secondary N) is 1. The van der Waals surface area contributed by atoms with Crippen molar-refractivity contribution in [2.75, 3.05) is 18.9 Å². The first-order valence-corrected chi connectivity index (χ1v) is 7.79. The van der Waals surface area contributed by atoms with Crippen LogP contribution in [0.3, 0.4) is 0 Å². The van der Waals surface area contributed by atoms with Crippen LogP contribution in [0.15, 0.2) is 54.6 Å². The molecule has 2 aromatic carbocycles. The lowest BCUT2D eigenvalue weighted by atomic mass is 10.1. The van der Waals surface area contributed by atoms with Crippen LogP contribution in [0.1, 0.15) is 24.5 Å². The third-order valence-corrected chi connectivity index (χ3v) is 3.69. The van der Waals surface area contributed by atoms with Crippen LogP contribution in [0.2, 0.25) is 0 Å². The molecule has 0 saturated heterocycles. The topological polar surface area (TPSA) is 32.3 Å². The predicted octanol–water partition coefficient (Wildman–Crippen LogP) is 3.71. The van der Waals surface area contributed by atoms with E-state index in [2.05, 4.69) is 35.3 Å². The largest absolute Gasteiger partial charge is 0.326 e. The summed E-state index contributed by atoms with van der Waals surface area (Å²) in [6, 6.07) is 18.3. The molecule has 116 valence electrons. The van der Waals surface area contributed by atoms with Crippen molar-refractivity contribution in [2.45, 2.75) is 26.3 Å². The van der Waals surface area contributed by atoms with Crippen molar-refractivity contribution in [3.63, 3.8) is 0 Å². The van der Waals surface area contributed by atoms with Crippen LogP contribution in [0.4, 0.5) is 5.69 Å². The van der Waals surface area contributed by atoms with E-state index in [1.54, 1.807) is 0 Å². The van der Waals surface area contributed by atoms with Gasteiger partial charge in [0.05, 0.1) is 0 Å². The number of hydrogen-bond donors (Lipinski definition) is 1. The second-order valence-electron chi connectivity index (χ2n) is 5.53. The van der Waals surface area contributed by atoms with Gasteiger partial charge in [-0.3, -0.25) is 4.79 Å². The zero-order valence-electron chi connectivity index (χ0n) is 13.4. The first-order chi connectivity index (χ1) is 10.7. The number of rotatable bonds is 7. The van der Waals surface area contributed by atoms with E-state index in [1.165, 1.54) is 11.1 Å². The van der Waals surface area contributed by atoms with E-state index in [0.717, 1.165) is 25.2 Å². The Bertz CT molecular complexity index is 595. The van der Waals surface area contributed by atoms with Gasteiger partial charge in [0.25, 0.3) is 0 Å². The number of hydrogen-bond acceptors (Lipinski definition) is 2. The number of benzene rings is 2. The SMILES string of the molecule is CCc1ccccc1NC(=O)CCN(C)Cc1ccccc1. The zero-order valence-corrected chi connectivity index (χ0v) is 13.4. The molecule has 0 heterocycles. The van der Waals surface area contributed by atoms with Crippen LogP contribution < -0.4 is 5.32 Å². The molecule has 2 aromatic rings. The van der Waals surface area contributed by atoms with E-state index < -0.39 is 0 Å². The van der Waals surface area contributed by atoms with Gasteiger partial charge in [-0.15, -0.1) is 0 Å². The molecule has 0 atom stereocenters. The summed E-state index contributed by atoms with van der Waals surface area (Å²) in [4.78, 5) is 14.3. The summed E-state index contributed by atoms with van der Waals surface area (Å²) in [5.41, 5.74) is 3.37. The molecule has 0 radical (unpaired) electrons. The molecule has 22 heavy (non-hydrogen) atoms. The van der Waals surface area contributed by atoms with Crippen molar-refractivity contribution < 1.29 is 4.79 Å². The highest BCUT2D eigenvalue weighted by Gasteiger charge is 2.07. The third kappa shape index (κ3) is 5.01. The van der Waals surface area contributed by atoms with Crippen LogP contribution >= 0.6 is 0 Å². The first-order valence-electron chi connectivity index (χ1n) is 7.79. The van der Waals surface area contributed by atoms with E-state index in [0.29, 0.717) is 6.42 Å². The van der Waals surface area contributed by atoms with Gasteiger partial charge < -0.3 is 10.2 Å². The zero-order chi connectivity index (χ0) is 15.8. The molecule has 1 amide bonds. The number of anilines is 1. The minimum Gasteiger partial charge on any atom is -0.326 e. The van der Waals surface area contributed by atoms with E-state index >= 15 is 0 Å². The fourth-order valence-electron chi connectivity index (χ4n) is 2.43. The van der Waals surface area contributed by atoms with Crippen molar-refractivity contribution in [1.29, 1.82) is 0 Å². The van der Waals surface area contributed by atoms with Gasteiger partial charge in [-0.25, -0.2) is 0 Å². The number of carbonyl (C=O) groups excluding carboxylic acids is 1. The van der Waals surface area contributed by atoms with Gasteiger partial charge in [0.1, 0.15) is 0 Å². The van der Waals surface area contributed by atoms with Crippen molar-refractivity contribution in [2.24, 2.45) is 0 Å². The fourth-order valence-corrected chi connectivity index (χ4v) is 2.43. The van der Waals surface area contributed by atoms with E-state index in [9.17, 15) is 4.79 Å². The Morgan fingerprint density at radius 1 is 1.05 bits per heavy atom. The van der Waals surface area contributed by atoms with Gasteiger partial charge in [0.2, 0.25) is 5.91 Å². The fraction of sp³-hybridized carbons (Fsp3) is 0.316. The lowest BCUT2D eigenvalue weighted by molar-refractivity contribution is -0.116. The number of para-hydroxylation sites is 1. The van der Waals surface area contributed by atoms with Gasteiger partial charge in [0, 0.05) is 25.2 Å². The Morgan fingerprint density at radius 3 is 2.45 bits per heavy atom. The van der Waals surface area contributed by atoms with Crippen molar-refractivity contribution >= 4 is 11.6 Å². The molecule has 3 nitrogen and oxygen atoms in total. The maximum Gasteiger partial charge on any atom is 0.225 e. The van der Waals surface area contributed by atoms with Crippen molar-refractivity contribution in [1.82, 2.24) is 4.90 Å². The molecule has 0 aliphatic heterocycles. The highest BCUT2D eigenvalue weighted by molar-refractivity contribution is 5.91. The standard InChI is InChI=1S/C19H24N2O/c1-3-17-11-7-8-12-18(17)20-19(22)13-14-21(2)15-16-9-5-4-6-10-16/h4-12H,3,13-15H2,1-2H3,(H,20,22). The average molecular weight is 296 g/mol. The van der Waals surface area contributed by atoms with Crippen LogP contribution in [-0.4, -0.2) is 24.4 Å². The molecule has 2 rings (SSSR count). The normalized spacial score (nSPS) is 10.7. The lowest BCUT2D eigenvalue weighted by Gasteiger charge is -2.17. The van der Waals surface area contributed by atoms with Gasteiger partial charge in [-0.05, 0) is 30.7 Å². The number of carbonyl (C=O) groups is 1. The second kappa shape index (κ2) is 8.35. The average Bonchev–Trinajstić information content (AvgIpc) is 2.54. The molecule has 0 unspecified atom stereocenters. The van der Waals surface area contributed by atoms with Gasteiger partial charge >= 0.3 is 0 Å². The lowest BCUT2D eigenvalue weighted by Crippen LogP contribution is -2.24. The predicted molar refractivity (Wildman–Crippen MR) is 91.8 cm³/mol. The Balaban J connectivity index is 1.80. The summed E-state index contributed by atoms with van der Waals surface area (Å²) in [5, 5.41) is 3.02. The second-order valence-corrected chi connectivity index (χ2v) is 5.53. The highest BCUT2D eigenvalue weighted by Crippen LogP contribution is 2.15. The number of nitrogens with zero attached hydrogens (tertiary/aromatic N) is 1. The molecule has 0 fully saturated rings. The van der Waals surface area contributed by atoms with Crippen molar-refractivity contribution in [3.05, 3.63) is 65.7 Å². The molecule has 3 heteroatoms. The van der Waals surface area contributed by atoms with Crippen LogP contribution in [0.25, 0.3) is 0 Å². The first kappa shape index (κ1) is 16.2. The molecule has 0 aliphatic carbocycles. The maximum atomic E-state index is 12.1. The quantitative estimate of drug-likeness (QED) is 0.844. The summed E-state index contributed by atoms with van der Waals surface area (Å²) < 4.78 is 0. The summed E-state index contributed by atoms with van der Waals surface area (Å²) in [7, 11) is 2.04. The molecule has 1 N–H and O–H groups in total. The summed E-state index contributed by atoms with van der Waals surface area (Å²) in [6.45, 7) is 3.70. The maximum absolute atomic E-state index is 12.1. The minimum absolute atomic E-state index is 0.0702. The molecule has 0 aliphatic rings. The molecule has 0 bridgehead atoms. The van der Waals surface area contributed by atoms with Gasteiger partial charge in [0.15, 0.2) is 0 Å². The third-order valence-electron chi connectivity index (χ3n) is 3.69. The van der Waals surface area contributed by atoms with Crippen LogP contribution in [-0.2, 0) is 17.8 Å². The highest BCUT2D eigenvalue weighted by atomic mass is 16.1. The summed E-state index contributed by atoms with van der Waals surface area (Å²) in [6.07, 6.45) is 1.42. The van der Waals surface area contributed by atoms with Crippen LogP contribution in [0.5, 0.6) is 0 Å². The Morgan fingerprint density at radius 2 is 1.73 bits per heavy atom. The Kier molecular flexibility index (Phi) is 6.16. The summed E-state index contributed by atoms with van der Waals surface area (Å²) >= 11 is 0. The minimum atomic E-state index is 0.0702. The van der Waals surface area contributed by atoms with Gasteiger partial charge in [-0.2, -0.15) is 0 Å². The Labute approximate surface area is 133 Å². The number of amides is 1. The molecule has 0 spiro atoms. The monoisotopic (exact) mass is 296 g/mol. The smallest absolute Gasteiger partial charge is 0.225 e. The molecular weight excluding hydrogens is 272 g/mol. The van der Waals surface area contributed by atoms with Crippen molar-refractivity contribution in [3.8, 4) is 0 Å². The van der Waals surface area contributed by atoms with E-state index in [4.69, 9.17) is 0 Å². The number of aryl methyl sites for hydroxylation is 1. The van der Waals surface area contributed by atoms with E-state index in [1.807, 2.05) is 43.4 Å². The van der Waals surface area contributed by atoms with Gasteiger partial charge in [-0.1, -0.05) is 55.5 Å². The van der Waals surface area contributed by atoms with E-state index in [-0.39, 0.29) is 5.91 Å². The molecular formula is C19H24N2O. The Hall–Kier alpha value is -2.13. The molecule has 0 saturated carbocycles. The van der Waals surface area contributed by atoms with Crippen LogP contribution in [0, 0.1) is 0 Å².